The summed E-state index contributed by atoms with van der Waals surface area (Å²) in [6, 6.07) is 12.5. The predicted octanol–water partition coefficient (Wildman–Crippen LogP) is 3.85. The highest BCUT2D eigenvalue weighted by Gasteiger charge is 2.11. The average molecular weight is 268 g/mol. The Balaban J connectivity index is 1.89. The predicted molar refractivity (Wildman–Crippen MR) is 81.4 cm³/mol. The third-order valence-electron chi connectivity index (χ3n) is 3.32. The molecule has 0 spiro atoms. The van der Waals surface area contributed by atoms with E-state index in [4.69, 9.17) is 5.73 Å². The van der Waals surface area contributed by atoms with Gasteiger partial charge in [0, 0.05) is 10.9 Å². The Hall–Kier alpha value is -1.71. The van der Waals surface area contributed by atoms with Crippen LogP contribution in [0.25, 0.3) is 10.1 Å². The molecule has 0 saturated heterocycles. The van der Waals surface area contributed by atoms with E-state index in [0.717, 1.165) is 12.1 Å². The lowest BCUT2D eigenvalue weighted by Crippen LogP contribution is -2.14. The molecule has 2 nitrogen and oxygen atoms in total. The molecule has 2 aromatic heterocycles. The van der Waals surface area contributed by atoms with Crippen LogP contribution in [-0.2, 0) is 6.42 Å². The number of benzene rings is 1. The van der Waals surface area contributed by atoms with Crippen LogP contribution in [0.1, 0.15) is 22.9 Å². The molecule has 0 fully saturated rings. The molecule has 1 atom stereocenters. The molecule has 0 bridgehead atoms. The van der Waals surface area contributed by atoms with Crippen LogP contribution in [0.3, 0.4) is 0 Å². The van der Waals surface area contributed by atoms with Gasteiger partial charge in [-0.15, -0.1) is 11.3 Å². The topological polar surface area (TPSA) is 38.9 Å². The van der Waals surface area contributed by atoms with Gasteiger partial charge in [-0.1, -0.05) is 18.2 Å². The summed E-state index contributed by atoms with van der Waals surface area (Å²) in [7, 11) is 0. The van der Waals surface area contributed by atoms with E-state index in [-0.39, 0.29) is 6.04 Å². The van der Waals surface area contributed by atoms with E-state index in [2.05, 4.69) is 47.6 Å². The monoisotopic (exact) mass is 268 g/mol. The maximum Gasteiger partial charge on any atom is 0.0577 e. The first-order valence-electron chi connectivity index (χ1n) is 6.37. The summed E-state index contributed by atoms with van der Waals surface area (Å²) < 4.78 is 1.32. The van der Waals surface area contributed by atoms with Crippen LogP contribution >= 0.6 is 11.3 Å². The third-order valence-corrected chi connectivity index (χ3v) is 4.33. The van der Waals surface area contributed by atoms with Crippen molar-refractivity contribution in [2.75, 3.05) is 0 Å². The first-order valence-corrected chi connectivity index (χ1v) is 7.25. The fourth-order valence-electron chi connectivity index (χ4n) is 2.29. The molecular weight excluding hydrogens is 252 g/mol. The second-order valence-corrected chi connectivity index (χ2v) is 5.74. The van der Waals surface area contributed by atoms with E-state index in [1.165, 1.54) is 21.2 Å². The van der Waals surface area contributed by atoms with Crippen LogP contribution in [0, 0.1) is 6.92 Å². The van der Waals surface area contributed by atoms with E-state index in [0.29, 0.717) is 0 Å². The lowest BCUT2D eigenvalue weighted by atomic mass is 10.0. The number of thiophene rings is 1. The SMILES string of the molecule is Cc1ccnc(C(N)Cc2csc3ccccc23)c1. The zero-order chi connectivity index (χ0) is 13.2. The van der Waals surface area contributed by atoms with Gasteiger partial charge in [0.05, 0.1) is 11.7 Å². The van der Waals surface area contributed by atoms with Crippen LogP contribution in [0.2, 0.25) is 0 Å². The molecule has 0 aliphatic carbocycles. The Kier molecular flexibility index (Phi) is 3.32. The molecule has 2 N–H and O–H groups in total. The maximum absolute atomic E-state index is 6.29. The van der Waals surface area contributed by atoms with Gasteiger partial charge < -0.3 is 5.73 Å². The fraction of sp³-hybridized carbons (Fsp3) is 0.188. The van der Waals surface area contributed by atoms with Gasteiger partial charge >= 0.3 is 0 Å². The highest BCUT2D eigenvalue weighted by atomic mass is 32.1. The number of hydrogen-bond donors (Lipinski definition) is 1. The minimum Gasteiger partial charge on any atom is -0.322 e. The van der Waals surface area contributed by atoms with Crippen LogP contribution in [0.15, 0.2) is 48.0 Å². The van der Waals surface area contributed by atoms with Gasteiger partial charge in [-0.2, -0.15) is 0 Å². The van der Waals surface area contributed by atoms with Crippen molar-refractivity contribution in [3.8, 4) is 0 Å². The fourth-order valence-corrected chi connectivity index (χ4v) is 3.27. The highest BCUT2D eigenvalue weighted by molar-refractivity contribution is 7.17. The second kappa shape index (κ2) is 5.11. The first kappa shape index (κ1) is 12.3. The van der Waals surface area contributed by atoms with Gasteiger partial charge in [0.15, 0.2) is 0 Å². The van der Waals surface area contributed by atoms with Crippen molar-refractivity contribution in [2.45, 2.75) is 19.4 Å². The molecule has 0 aliphatic heterocycles. The summed E-state index contributed by atoms with van der Waals surface area (Å²) in [5.74, 6) is 0. The van der Waals surface area contributed by atoms with Crippen molar-refractivity contribution in [2.24, 2.45) is 5.73 Å². The molecule has 3 heteroatoms. The molecule has 0 radical (unpaired) electrons. The Morgan fingerprint density at radius 1 is 1.26 bits per heavy atom. The second-order valence-electron chi connectivity index (χ2n) is 4.83. The lowest BCUT2D eigenvalue weighted by Gasteiger charge is -2.11. The minimum absolute atomic E-state index is 0.0436. The maximum atomic E-state index is 6.29. The molecule has 0 saturated carbocycles. The molecule has 1 unspecified atom stereocenters. The van der Waals surface area contributed by atoms with Crippen LogP contribution < -0.4 is 5.73 Å². The smallest absolute Gasteiger partial charge is 0.0577 e. The first-order chi connectivity index (χ1) is 9.24. The van der Waals surface area contributed by atoms with E-state index in [1.807, 2.05) is 12.3 Å². The molecule has 0 aliphatic rings. The van der Waals surface area contributed by atoms with Gasteiger partial charge in [-0.25, -0.2) is 0 Å². The normalized spacial score (nSPS) is 12.7. The van der Waals surface area contributed by atoms with E-state index < -0.39 is 0 Å². The Morgan fingerprint density at radius 3 is 2.95 bits per heavy atom. The Bertz CT molecular complexity index is 703. The van der Waals surface area contributed by atoms with E-state index in [9.17, 15) is 0 Å². The summed E-state index contributed by atoms with van der Waals surface area (Å²) in [5.41, 5.74) is 9.78. The molecule has 1 aromatic carbocycles. The third kappa shape index (κ3) is 2.53. The van der Waals surface area contributed by atoms with Gasteiger partial charge in [0.1, 0.15) is 0 Å². The van der Waals surface area contributed by atoms with E-state index in [1.54, 1.807) is 11.3 Å². The number of nitrogens with zero attached hydrogens (tertiary/aromatic N) is 1. The molecule has 3 rings (SSSR count). The number of rotatable bonds is 3. The van der Waals surface area contributed by atoms with Crippen LogP contribution in [0.4, 0.5) is 0 Å². The standard InChI is InChI=1S/C16H16N2S/c1-11-6-7-18-15(8-11)14(17)9-12-10-19-16-5-3-2-4-13(12)16/h2-8,10,14H,9,17H2,1H3. The Labute approximate surface area is 116 Å². The number of nitrogens with two attached hydrogens (primary N) is 1. The quantitative estimate of drug-likeness (QED) is 0.783. The zero-order valence-electron chi connectivity index (χ0n) is 10.8. The van der Waals surface area contributed by atoms with Gasteiger partial charge in [0.25, 0.3) is 0 Å². The summed E-state index contributed by atoms with van der Waals surface area (Å²) in [4.78, 5) is 4.38. The molecule has 2 heterocycles. The van der Waals surface area contributed by atoms with Crippen molar-refractivity contribution < 1.29 is 0 Å². The highest BCUT2D eigenvalue weighted by Crippen LogP contribution is 2.28. The van der Waals surface area contributed by atoms with Crippen LogP contribution in [0.5, 0.6) is 0 Å². The molecule has 96 valence electrons. The van der Waals surface area contributed by atoms with Crippen molar-refractivity contribution in [1.29, 1.82) is 0 Å². The largest absolute Gasteiger partial charge is 0.322 e. The number of fused-ring (bicyclic) bond motifs is 1. The molecule has 3 aromatic rings. The summed E-state index contributed by atoms with van der Waals surface area (Å²) >= 11 is 1.78. The van der Waals surface area contributed by atoms with Gasteiger partial charge in [0.2, 0.25) is 0 Å². The molecular formula is C16H16N2S. The van der Waals surface area contributed by atoms with Crippen molar-refractivity contribution in [3.05, 3.63) is 64.8 Å². The lowest BCUT2D eigenvalue weighted by molar-refractivity contribution is 0.699. The average Bonchev–Trinajstić information content (AvgIpc) is 2.82. The summed E-state index contributed by atoms with van der Waals surface area (Å²) in [5, 5.41) is 3.52. The van der Waals surface area contributed by atoms with E-state index >= 15 is 0 Å². The van der Waals surface area contributed by atoms with Crippen molar-refractivity contribution >= 4 is 21.4 Å². The number of hydrogen-bond acceptors (Lipinski definition) is 3. The van der Waals surface area contributed by atoms with Crippen LogP contribution in [-0.4, -0.2) is 4.98 Å². The Morgan fingerprint density at radius 2 is 2.11 bits per heavy atom. The number of aromatic nitrogens is 1. The molecule has 0 amide bonds. The minimum atomic E-state index is -0.0436. The number of pyridine rings is 1. The number of aryl methyl sites for hydroxylation is 1. The van der Waals surface area contributed by atoms with Crippen molar-refractivity contribution in [1.82, 2.24) is 4.98 Å². The van der Waals surface area contributed by atoms with Gasteiger partial charge in [-0.3, -0.25) is 4.98 Å². The zero-order valence-corrected chi connectivity index (χ0v) is 11.7. The van der Waals surface area contributed by atoms with Gasteiger partial charge in [-0.05, 0) is 53.4 Å². The summed E-state index contributed by atoms with van der Waals surface area (Å²) in [6.07, 6.45) is 2.66. The summed E-state index contributed by atoms with van der Waals surface area (Å²) in [6.45, 7) is 2.07. The van der Waals surface area contributed by atoms with Crippen molar-refractivity contribution in [3.63, 3.8) is 0 Å². The molecule has 19 heavy (non-hydrogen) atoms.